The number of benzene rings is 1. The maximum atomic E-state index is 11.0. The van der Waals surface area contributed by atoms with Crippen molar-refractivity contribution in [1.82, 2.24) is 4.90 Å². The average molecular weight is 218 g/mol. The first-order chi connectivity index (χ1) is 7.75. The molecule has 1 aromatic rings. The van der Waals surface area contributed by atoms with Crippen LogP contribution >= 0.6 is 0 Å². The first-order valence-electron chi connectivity index (χ1n) is 5.59. The molecular formula is C12H14N2O2. The Morgan fingerprint density at radius 2 is 2.38 bits per heavy atom. The molecule has 0 unspecified atom stereocenters. The number of anilines is 1. The first kappa shape index (κ1) is 9.51. The molecule has 2 N–H and O–H groups in total. The minimum Gasteiger partial charge on any atom is -0.465 e. The molecule has 16 heavy (non-hydrogen) atoms. The SMILES string of the molecule is O=C(O)N1CCc2cccc3c2[C@H](CN3)C1. The third-order valence-electron chi connectivity index (χ3n) is 3.51. The average Bonchev–Trinajstić information content (AvgIpc) is 2.56. The number of hydrogen-bond donors (Lipinski definition) is 2. The van der Waals surface area contributed by atoms with Gasteiger partial charge >= 0.3 is 6.09 Å². The van der Waals surface area contributed by atoms with Crippen LogP contribution in [0.3, 0.4) is 0 Å². The quantitative estimate of drug-likeness (QED) is 0.697. The van der Waals surface area contributed by atoms with E-state index in [1.54, 1.807) is 0 Å². The number of nitrogens with zero attached hydrogens (tertiary/aromatic N) is 1. The number of hydrogen-bond acceptors (Lipinski definition) is 2. The summed E-state index contributed by atoms with van der Waals surface area (Å²) >= 11 is 0. The van der Waals surface area contributed by atoms with Crippen molar-refractivity contribution in [3.8, 4) is 0 Å². The normalized spacial score (nSPS) is 22.2. The molecule has 1 amide bonds. The van der Waals surface area contributed by atoms with E-state index in [0.717, 1.165) is 13.0 Å². The maximum Gasteiger partial charge on any atom is 0.407 e. The van der Waals surface area contributed by atoms with Crippen LogP contribution in [0.2, 0.25) is 0 Å². The Bertz CT molecular complexity index is 445. The van der Waals surface area contributed by atoms with Crippen LogP contribution in [-0.2, 0) is 6.42 Å². The van der Waals surface area contributed by atoms with Crippen LogP contribution in [0, 0.1) is 0 Å². The summed E-state index contributed by atoms with van der Waals surface area (Å²) < 4.78 is 0. The Morgan fingerprint density at radius 3 is 3.19 bits per heavy atom. The van der Waals surface area contributed by atoms with Crippen molar-refractivity contribution in [3.05, 3.63) is 29.3 Å². The molecule has 0 saturated carbocycles. The van der Waals surface area contributed by atoms with Crippen LogP contribution in [0.15, 0.2) is 18.2 Å². The predicted molar refractivity (Wildman–Crippen MR) is 61.0 cm³/mol. The molecule has 2 heterocycles. The van der Waals surface area contributed by atoms with Gasteiger partial charge in [0.05, 0.1) is 0 Å². The van der Waals surface area contributed by atoms with Crippen molar-refractivity contribution in [1.29, 1.82) is 0 Å². The highest BCUT2D eigenvalue weighted by Crippen LogP contribution is 2.36. The lowest BCUT2D eigenvalue weighted by molar-refractivity contribution is 0.145. The minimum absolute atomic E-state index is 0.324. The zero-order valence-electron chi connectivity index (χ0n) is 8.94. The zero-order chi connectivity index (χ0) is 11.1. The molecule has 0 radical (unpaired) electrons. The molecule has 0 spiro atoms. The Morgan fingerprint density at radius 1 is 1.50 bits per heavy atom. The second-order valence-electron chi connectivity index (χ2n) is 4.43. The second kappa shape index (κ2) is 3.40. The van der Waals surface area contributed by atoms with Gasteiger partial charge in [-0.1, -0.05) is 12.1 Å². The lowest BCUT2D eigenvalue weighted by atomic mass is 9.96. The van der Waals surface area contributed by atoms with Gasteiger partial charge in [0, 0.05) is 31.2 Å². The van der Waals surface area contributed by atoms with Crippen molar-refractivity contribution in [2.75, 3.05) is 25.0 Å². The van der Waals surface area contributed by atoms with E-state index in [4.69, 9.17) is 5.11 Å². The van der Waals surface area contributed by atoms with Gasteiger partial charge in [-0.15, -0.1) is 0 Å². The fraction of sp³-hybridized carbons (Fsp3) is 0.417. The molecule has 3 rings (SSSR count). The Labute approximate surface area is 93.9 Å². The molecule has 0 aliphatic carbocycles. The van der Waals surface area contributed by atoms with Crippen molar-refractivity contribution in [3.63, 3.8) is 0 Å². The maximum absolute atomic E-state index is 11.0. The molecular weight excluding hydrogens is 204 g/mol. The molecule has 2 aliphatic rings. The van der Waals surface area contributed by atoms with Gasteiger partial charge in [-0.2, -0.15) is 0 Å². The molecule has 0 bridgehead atoms. The van der Waals surface area contributed by atoms with Gasteiger partial charge in [0.25, 0.3) is 0 Å². The summed E-state index contributed by atoms with van der Waals surface area (Å²) in [6, 6.07) is 6.24. The van der Waals surface area contributed by atoms with Crippen molar-refractivity contribution >= 4 is 11.8 Å². The van der Waals surface area contributed by atoms with Crippen LogP contribution in [0.25, 0.3) is 0 Å². The molecule has 0 fully saturated rings. The molecule has 0 aromatic heterocycles. The van der Waals surface area contributed by atoms with E-state index in [1.165, 1.54) is 21.7 Å². The number of rotatable bonds is 0. The van der Waals surface area contributed by atoms with E-state index in [2.05, 4.69) is 17.4 Å². The van der Waals surface area contributed by atoms with E-state index in [1.807, 2.05) is 6.07 Å². The summed E-state index contributed by atoms with van der Waals surface area (Å²) in [4.78, 5) is 12.6. The smallest absolute Gasteiger partial charge is 0.407 e. The van der Waals surface area contributed by atoms with E-state index >= 15 is 0 Å². The highest BCUT2D eigenvalue weighted by atomic mass is 16.4. The van der Waals surface area contributed by atoms with E-state index in [-0.39, 0.29) is 0 Å². The van der Waals surface area contributed by atoms with Crippen molar-refractivity contribution in [2.45, 2.75) is 12.3 Å². The van der Waals surface area contributed by atoms with Crippen molar-refractivity contribution in [2.24, 2.45) is 0 Å². The highest BCUT2D eigenvalue weighted by Gasteiger charge is 2.30. The van der Waals surface area contributed by atoms with Gasteiger partial charge in [0.15, 0.2) is 0 Å². The molecule has 4 nitrogen and oxygen atoms in total. The minimum atomic E-state index is -0.804. The Kier molecular flexibility index (Phi) is 2.02. The highest BCUT2D eigenvalue weighted by molar-refractivity contribution is 5.67. The van der Waals surface area contributed by atoms with Crippen LogP contribution in [0.4, 0.5) is 10.5 Å². The lowest BCUT2D eigenvalue weighted by Crippen LogP contribution is -2.33. The van der Waals surface area contributed by atoms with E-state index in [9.17, 15) is 4.79 Å². The fourth-order valence-corrected chi connectivity index (χ4v) is 2.74. The predicted octanol–water partition coefficient (Wildman–Crippen LogP) is 1.73. The van der Waals surface area contributed by atoms with Gasteiger partial charge in [0.2, 0.25) is 0 Å². The molecule has 4 heteroatoms. The van der Waals surface area contributed by atoms with Gasteiger partial charge in [-0.25, -0.2) is 4.79 Å². The summed E-state index contributed by atoms with van der Waals surface area (Å²) in [5, 5.41) is 12.4. The fourth-order valence-electron chi connectivity index (χ4n) is 2.74. The van der Waals surface area contributed by atoms with Crippen LogP contribution in [-0.4, -0.2) is 35.7 Å². The van der Waals surface area contributed by atoms with Crippen LogP contribution in [0.1, 0.15) is 17.0 Å². The molecule has 84 valence electrons. The summed E-state index contributed by atoms with van der Waals surface area (Å²) in [6.07, 6.45) is 0.0226. The van der Waals surface area contributed by atoms with Crippen LogP contribution in [0.5, 0.6) is 0 Å². The number of amides is 1. The molecule has 2 aliphatic heterocycles. The number of carbonyl (C=O) groups is 1. The van der Waals surface area contributed by atoms with E-state index < -0.39 is 6.09 Å². The molecule has 0 saturated heterocycles. The summed E-state index contributed by atoms with van der Waals surface area (Å²) in [6.45, 7) is 2.09. The summed E-state index contributed by atoms with van der Waals surface area (Å²) in [5.74, 6) is 0.324. The van der Waals surface area contributed by atoms with Gasteiger partial charge in [-0.3, -0.25) is 0 Å². The Balaban J connectivity index is 2.00. The van der Waals surface area contributed by atoms with Gasteiger partial charge in [-0.05, 0) is 23.6 Å². The first-order valence-corrected chi connectivity index (χ1v) is 5.59. The Hall–Kier alpha value is -1.71. The lowest BCUT2D eigenvalue weighted by Gasteiger charge is -2.19. The largest absolute Gasteiger partial charge is 0.465 e. The third kappa shape index (κ3) is 1.33. The molecule has 1 aromatic carbocycles. The molecule has 1 atom stereocenters. The van der Waals surface area contributed by atoms with E-state index in [0.29, 0.717) is 19.0 Å². The standard InChI is InChI=1S/C12H14N2O2/c15-12(16)14-5-4-8-2-1-3-10-11(8)9(7-14)6-13-10/h1-3,9,13H,4-7H2,(H,15,16)/t9-/m1/s1. The monoisotopic (exact) mass is 218 g/mol. The number of nitrogens with one attached hydrogen (secondary N) is 1. The van der Waals surface area contributed by atoms with Crippen LogP contribution < -0.4 is 5.32 Å². The van der Waals surface area contributed by atoms with Crippen molar-refractivity contribution < 1.29 is 9.90 Å². The van der Waals surface area contributed by atoms with Gasteiger partial charge in [0.1, 0.15) is 0 Å². The summed E-state index contributed by atoms with van der Waals surface area (Å²) in [5.41, 5.74) is 3.83. The second-order valence-corrected chi connectivity index (χ2v) is 4.43. The third-order valence-corrected chi connectivity index (χ3v) is 3.51. The van der Waals surface area contributed by atoms with Gasteiger partial charge < -0.3 is 15.3 Å². The zero-order valence-corrected chi connectivity index (χ0v) is 8.94. The topological polar surface area (TPSA) is 52.6 Å². The number of carboxylic acid groups (broad SMARTS) is 1. The summed E-state index contributed by atoms with van der Waals surface area (Å²) in [7, 11) is 0.